The zero-order valence-electron chi connectivity index (χ0n) is 14.7. The molecule has 2 aromatic heterocycles. The Hall–Kier alpha value is -2.33. The quantitative estimate of drug-likeness (QED) is 0.372. The minimum Gasteiger partial charge on any atom is -0.462 e. The summed E-state index contributed by atoms with van der Waals surface area (Å²) in [6.45, 7) is 5.71. The molecule has 0 radical (unpaired) electrons. The van der Waals surface area contributed by atoms with Crippen molar-refractivity contribution in [2.75, 3.05) is 23.4 Å². The number of aryl methyl sites for hydroxylation is 1. The number of thiophene rings is 1. The van der Waals surface area contributed by atoms with Gasteiger partial charge >= 0.3 is 5.97 Å². The Bertz CT molecular complexity index is 876. The standard InChI is InChI=1S/C16H20N4O4S2/c1-4-24-15(23)13-8(2)9(3)26-14(13)19-11(21)5-6-25-16-18-10(17)7-12(22)20-16/h7H,4-6H2,1-3H3,(H,19,21)(H3,17,18,20,22). The van der Waals surface area contributed by atoms with Crippen LogP contribution in [-0.2, 0) is 9.53 Å². The van der Waals surface area contributed by atoms with Crippen LogP contribution in [0.3, 0.4) is 0 Å². The third-order valence-electron chi connectivity index (χ3n) is 3.43. The van der Waals surface area contributed by atoms with E-state index in [4.69, 9.17) is 10.5 Å². The van der Waals surface area contributed by atoms with E-state index in [1.54, 1.807) is 6.92 Å². The number of carbonyl (C=O) groups is 2. The molecule has 26 heavy (non-hydrogen) atoms. The molecular weight excluding hydrogens is 376 g/mol. The molecule has 1 amide bonds. The van der Waals surface area contributed by atoms with E-state index < -0.39 is 5.97 Å². The average Bonchev–Trinajstić information content (AvgIpc) is 2.80. The fourth-order valence-electron chi connectivity index (χ4n) is 2.12. The van der Waals surface area contributed by atoms with Crippen LogP contribution in [0.4, 0.5) is 10.8 Å². The Morgan fingerprint density at radius 1 is 1.42 bits per heavy atom. The predicted octanol–water partition coefficient (Wildman–Crippen LogP) is 2.33. The third-order valence-corrected chi connectivity index (χ3v) is 5.42. The molecule has 0 aromatic carbocycles. The number of hydrogen-bond donors (Lipinski definition) is 3. The number of rotatable bonds is 7. The molecule has 0 atom stereocenters. The van der Waals surface area contributed by atoms with Crippen LogP contribution in [-0.4, -0.2) is 34.2 Å². The van der Waals surface area contributed by atoms with Crippen LogP contribution in [0.2, 0.25) is 0 Å². The van der Waals surface area contributed by atoms with Gasteiger partial charge in [0.25, 0.3) is 5.56 Å². The van der Waals surface area contributed by atoms with Crippen LogP contribution >= 0.6 is 23.1 Å². The normalized spacial score (nSPS) is 10.6. The van der Waals surface area contributed by atoms with Gasteiger partial charge in [-0.05, 0) is 26.3 Å². The highest BCUT2D eigenvalue weighted by molar-refractivity contribution is 7.99. The predicted molar refractivity (Wildman–Crippen MR) is 103 cm³/mol. The van der Waals surface area contributed by atoms with Crippen molar-refractivity contribution in [1.29, 1.82) is 0 Å². The molecule has 0 fully saturated rings. The van der Waals surface area contributed by atoms with E-state index in [-0.39, 0.29) is 30.3 Å². The molecule has 0 aliphatic heterocycles. The second-order valence-corrected chi connectivity index (χ2v) is 7.64. The fraction of sp³-hybridized carbons (Fsp3) is 0.375. The maximum absolute atomic E-state index is 12.2. The van der Waals surface area contributed by atoms with E-state index in [2.05, 4.69) is 15.3 Å². The molecule has 2 heterocycles. The van der Waals surface area contributed by atoms with E-state index in [1.807, 2.05) is 13.8 Å². The lowest BCUT2D eigenvalue weighted by Crippen LogP contribution is -2.15. The van der Waals surface area contributed by atoms with Gasteiger partial charge in [0.2, 0.25) is 5.91 Å². The van der Waals surface area contributed by atoms with Gasteiger partial charge in [-0.25, -0.2) is 9.78 Å². The van der Waals surface area contributed by atoms with E-state index in [9.17, 15) is 14.4 Å². The summed E-state index contributed by atoms with van der Waals surface area (Å²) in [6, 6.07) is 1.19. The number of nitrogen functional groups attached to an aromatic ring is 1. The molecule has 4 N–H and O–H groups in total. The third kappa shape index (κ3) is 5.09. The Kier molecular flexibility index (Phi) is 6.81. The number of aromatic amines is 1. The topological polar surface area (TPSA) is 127 Å². The van der Waals surface area contributed by atoms with Crippen LogP contribution < -0.4 is 16.6 Å². The fourth-order valence-corrected chi connectivity index (χ4v) is 4.00. The summed E-state index contributed by atoms with van der Waals surface area (Å²) in [4.78, 5) is 43.1. The van der Waals surface area contributed by atoms with Gasteiger partial charge in [0, 0.05) is 23.1 Å². The first-order valence-corrected chi connectivity index (χ1v) is 9.68. The molecule has 8 nitrogen and oxygen atoms in total. The number of carbonyl (C=O) groups excluding carboxylic acids is 2. The minimum atomic E-state index is -0.444. The van der Waals surface area contributed by atoms with Crippen LogP contribution in [0, 0.1) is 13.8 Å². The summed E-state index contributed by atoms with van der Waals surface area (Å²) in [6.07, 6.45) is 0.182. The summed E-state index contributed by atoms with van der Waals surface area (Å²) in [5.41, 5.74) is 6.38. The molecule has 140 valence electrons. The van der Waals surface area contributed by atoms with Crippen molar-refractivity contribution < 1.29 is 14.3 Å². The highest BCUT2D eigenvalue weighted by atomic mass is 32.2. The van der Waals surface area contributed by atoms with Crippen LogP contribution in [0.5, 0.6) is 0 Å². The number of nitrogens with one attached hydrogen (secondary N) is 2. The highest BCUT2D eigenvalue weighted by Crippen LogP contribution is 2.33. The van der Waals surface area contributed by atoms with Gasteiger partial charge in [-0.3, -0.25) is 9.59 Å². The molecular formula is C16H20N4O4S2. The smallest absolute Gasteiger partial charge is 0.341 e. The van der Waals surface area contributed by atoms with Gasteiger partial charge in [-0.15, -0.1) is 11.3 Å². The van der Waals surface area contributed by atoms with Crippen molar-refractivity contribution in [1.82, 2.24) is 9.97 Å². The second kappa shape index (κ2) is 8.86. The van der Waals surface area contributed by atoms with Crippen LogP contribution in [0.15, 0.2) is 16.0 Å². The Labute approximate surface area is 158 Å². The van der Waals surface area contributed by atoms with Crippen LogP contribution in [0.1, 0.15) is 34.1 Å². The number of thioether (sulfide) groups is 1. The summed E-state index contributed by atoms with van der Waals surface area (Å²) >= 11 is 2.56. The average molecular weight is 396 g/mol. The molecule has 0 saturated carbocycles. The lowest BCUT2D eigenvalue weighted by molar-refractivity contribution is -0.115. The Morgan fingerprint density at radius 2 is 2.15 bits per heavy atom. The lowest BCUT2D eigenvalue weighted by atomic mass is 10.1. The molecule has 0 bridgehead atoms. The number of ether oxygens (including phenoxy) is 1. The second-order valence-electron chi connectivity index (χ2n) is 5.33. The minimum absolute atomic E-state index is 0.129. The van der Waals surface area contributed by atoms with Crippen molar-refractivity contribution in [3.8, 4) is 0 Å². The zero-order valence-corrected chi connectivity index (χ0v) is 16.3. The number of hydrogen-bond acceptors (Lipinski definition) is 8. The SMILES string of the molecule is CCOC(=O)c1c(NC(=O)CCSc2nc(N)cc(=O)[nH]2)sc(C)c1C. The molecule has 2 rings (SSSR count). The van der Waals surface area contributed by atoms with E-state index in [0.717, 1.165) is 10.4 Å². The van der Waals surface area contributed by atoms with Crippen molar-refractivity contribution in [3.05, 3.63) is 32.4 Å². The number of amides is 1. The first-order chi connectivity index (χ1) is 12.3. The first kappa shape index (κ1) is 20.0. The Morgan fingerprint density at radius 3 is 2.81 bits per heavy atom. The summed E-state index contributed by atoms with van der Waals surface area (Å²) in [5, 5.41) is 3.62. The molecule has 2 aromatic rings. The van der Waals surface area contributed by atoms with Gasteiger partial charge in [0.15, 0.2) is 5.16 Å². The lowest BCUT2D eigenvalue weighted by Gasteiger charge is -2.07. The van der Waals surface area contributed by atoms with Gasteiger partial charge < -0.3 is 20.8 Å². The zero-order chi connectivity index (χ0) is 19.3. The van der Waals surface area contributed by atoms with Gasteiger partial charge in [-0.1, -0.05) is 11.8 Å². The molecule has 0 saturated heterocycles. The van der Waals surface area contributed by atoms with E-state index in [1.165, 1.54) is 29.2 Å². The number of aromatic nitrogens is 2. The van der Waals surface area contributed by atoms with Crippen molar-refractivity contribution in [3.63, 3.8) is 0 Å². The molecule has 0 unspecified atom stereocenters. The number of esters is 1. The van der Waals surface area contributed by atoms with Crippen molar-refractivity contribution >= 4 is 45.8 Å². The number of nitrogens with two attached hydrogens (primary N) is 1. The van der Waals surface area contributed by atoms with Gasteiger partial charge in [0.05, 0.1) is 12.2 Å². The van der Waals surface area contributed by atoms with Crippen molar-refractivity contribution in [2.24, 2.45) is 0 Å². The first-order valence-electron chi connectivity index (χ1n) is 7.88. The largest absolute Gasteiger partial charge is 0.462 e. The molecule has 0 spiro atoms. The van der Waals surface area contributed by atoms with E-state index in [0.29, 0.717) is 21.5 Å². The Balaban J connectivity index is 1.98. The summed E-state index contributed by atoms with van der Waals surface area (Å²) < 4.78 is 5.06. The van der Waals surface area contributed by atoms with Gasteiger partial charge in [0.1, 0.15) is 10.8 Å². The molecule has 0 aliphatic rings. The number of H-pyrrole nitrogens is 1. The molecule has 10 heteroatoms. The highest BCUT2D eigenvalue weighted by Gasteiger charge is 2.21. The monoisotopic (exact) mass is 396 g/mol. The summed E-state index contributed by atoms with van der Waals surface area (Å²) in [5.74, 6) is -0.156. The summed E-state index contributed by atoms with van der Waals surface area (Å²) in [7, 11) is 0. The van der Waals surface area contributed by atoms with Gasteiger partial charge in [-0.2, -0.15) is 0 Å². The van der Waals surface area contributed by atoms with Crippen LogP contribution in [0.25, 0.3) is 0 Å². The molecule has 0 aliphatic carbocycles. The van der Waals surface area contributed by atoms with E-state index >= 15 is 0 Å². The maximum atomic E-state index is 12.2. The number of anilines is 2. The number of nitrogens with zero attached hydrogens (tertiary/aromatic N) is 1. The maximum Gasteiger partial charge on any atom is 0.341 e. The van der Waals surface area contributed by atoms with Crippen molar-refractivity contribution in [2.45, 2.75) is 32.3 Å².